The highest BCUT2D eigenvalue weighted by Gasteiger charge is 2.24. The largest absolute Gasteiger partial charge is 0.352 e. The van der Waals surface area contributed by atoms with Gasteiger partial charge in [-0.1, -0.05) is 0 Å². The Morgan fingerprint density at radius 3 is 2.27 bits per heavy atom. The molecule has 3 rings (SSSR count). The van der Waals surface area contributed by atoms with Gasteiger partial charge in [-0.15, -0.1) is 0 Å². The third kappa shape index (κ3) is 1.99. The maximum Gasteiger partial charge on any atom is 0.352 e. The molecule has 0 aliphatic heterocycles. The quantitative estimate of drug-likeness (QED) is 0.283. The van der Waals surface area contributed by atoms with Crippen molar-refractivity contribution in [3.05, 3.63) is 61.6 Å². The summed E-state index contributed by atoms with van der Waals surface area (Å²) in [7, 11) is 0. The molecule has 0 spiro atoms. The van der Waals surface area contributed by atoms with Gasteiger partial charge < -0.3 is 5.84 Å². The number of rotatable bonds is 1. The number of fused-ring (bicyclic) bond motifs is 1. The van der Waals surface area contributed by atoms with Gasteiger partial charge in [0.25, 0.3) is 0 Å². The van der Waals surface area contributed by atoms with Crippen LogP contribution in [0.15, 0.2) is 29.1 Å². The van der Waals surface area contributed by atoms with Crippen LogP contribution in [0.2, 0.25) is 0 Å². The van der Waals surface area contributed by atoms with E-state index in [1.807, 2.05) is 22.6 Å². The second kappa shape index (κ2) is 5.00. The third-order valence-corrected chi connectivity index (χ3v) is 3.81. The van der Waals surface area contributed by atoms with Gasteiger partial charge in [-0.25, -0.2) is 27.0 Å². The molecule has 0 unspecified atom stereocenters. The van der Waals surface area contributed by atoms with Crippen LogP contribution in [-0.4, -0.2) is 9.24 Å². The lowest BCUT2D eigenvalue weighted by molar-refractivity contribution is 0.502. The Morgan fingerprint density at radius 1 is 0.955 bits per heavy atom. The van der Waals surface area contributed by atoms with E-state index in [4.69, 9.17) is 5.84 Å². The van der Waals surface area contributed by atoms with Crippen molar-refractivity contribution in [2.24, 2.45) is 0 Å². The molecule has 0 atom stereocenters. The molecule has 0 fully saturated rings. The molecule has 4 nitrogen and oxygen atoms in total. The summed E-state index contributed by atoms with van der Waals surface area (Å²) in [4.78, 5) is 12.1. The molecule has 9 heteroatoms. The molecule has 0 bridgehead atoms. The van der Waals surface area contributed by atoms with E-state index in [9.17, 15) is 22.4 Å². The van der Waals surface area contributed by atoms with Gasteiger partial charge in [0.05, 0.1) is 5.69 Å². The van der Waals surface area contributed by atoms with E-state index in [-0.39, 0.29) is 11.8 Å². The van der Waals surface area contributed by atoms with Crippen LogP contribution in [0, 0.1) is 26.8 Å². The SMILES string of the molecule is Nn1c(=O)n(-c2ccc(I)cc2F)c2c(F)c(F)cc(F)c21. The summed E-state index contributed by atoms with van der Waals surface area (Å²) in [5.41, 5.74) is -2.87. The van der Waals surface area contributed by atoms with E-state index < -0.39 is 40.0 Å². The number of nitrogens with two attached hydrogens (primary N) is 1. The normalized spacial score (nSPS) is 11.3. The molecule has 0 radical (unpaired) electrons. The van der Waals surface area contributed by atoms with Crippen molar-refractivity contribution in [1.29, 1.82) is 0 Å². The van der Waals surface area contributed by atoms with E-state index in [0.29, 0.717) is 12.8 Å². The Labute approximate surface area is 133 Å². The molecule has 114 valence electrons. The second-order valence-electron chi connectivity index (χ2n) is 4.44. The monoisotopic (exact) mass is 423 g/mol. The summed E-state index contributed by atoms with van der Waals surface area (Å²) in [6.45, 7) is 0. The lowest BCUT2D eigenvalue weighted by Crippen LogP contribution is -2.29. The van der Waals surface area contributed by atoms with Crippen molar-refractivity contribution in [3.63, 3.8) is 0 Å². The van der Waals surface area contributed by atoms with Gasteiger partial charge in [0.1, 0.15) is 16.9 Å². The molecular weight excluding hydrogens is 417 g/mol. The fraction of sp³-hybridized carbons (Fsp3) is 0. The molecular formula is C13H6F4IN3O. The van der Waals surface area contributed by atoms with Crippen molar-refractivity contribution < 1.29 is 17.6 Å². The number of halogens is 5. The van der Waals surface area contributed by atoms with Gasteiger partial charge in [-0.05, 0) is 40.8 Å². The van der Waals surface area contributed by atoms with Gasteiger partial charge in [-0.3, -0.25) is 4.57 Å². The molecule has 0 aliphatic carbocycles. The van der Waals surface area contributed by atoms with Crippen LogP contribution in [-0.2, 0) is 0 Å². The smallest absolute Gasteiger partial charge is 0.335 e. The summed E-state index contributed by atoms with van der Waals surface area (Å²) in [6, 6.07) is 4.02. The average molecular weight is 423 g/mol. The zero-order valence-electron chi connectivity index (χ0n) is 10.6. The Balaban J connectivity index is 2.55. The van der Waals surface area contributed by atoms with Crippen LogP contribution in [0.3, 0.4) is 0 Å². The lowest BCUT2D eigenvalue weighted by atomic mass is 10.2. The highest BCUT2D eigenvalue weighted by Crippen LogP contribution is 2.26. The third-order valence-electron chi connectivity index (χ3n) is 3.13. The number of hydrogen-bond donors (Lipinski definition) is 1. The number of nitrogen functional groups attached to an aromatic ring is 1. The van der Waals surface area contributed by atoms with Crippen LogP contribution in [0.5, 0.6) is 0 Å². The predicted molar refractivity (Wildman–Crippen MR) is 80.2 cm³/mol. The first-order valence-electron chi connectivity index (χ1n) is 5.84. The van der Waals surface area contributed by atoms with Gasteiger partial charge in [0.15, 0.2) is 17.5 Å². The fourth-order valence-corrected chi connectivity index (χ4v) is 2.64. The van der Waals surface area contributed by atoms with Crippen LogP contribution in [0.4, 0.5) is 17.6 Å². The Morgan fingerprint density at radius 2 is 1.64 bits per heavy atom. The van der Waals surface area contributed by atoms with Gasteiger partial charge >= 0.3 is 5.69 Å². The summed E-state index contributed by atoms with van der Waals surface area (Å²) in [6.07, 6.45) is 0. The predicted octanol–water partition coefficient (Wildman–Crippen LogP) is 2.67. The molecule has 0 saturated heterocycles. The van der Waals surface area contributed by atoms with E-state index in [2.05, 4.69) is 0 Å². The van der Waals surface area contributed by atoms with Crippen molar-refractivity contribution in [1.82, 2.24) is 9.24 Å². The Hall–Kier alpha value is -2.04. The number of imidazole rings is 1. The number of aromatic nitrogens is 2. The first kappa shape index (κ1) is 14.9. The fourth-order valence-electron chi connectivity index (χ4n) is 2.19. The zero-order chi connectivity index (χ0) is 16.2. The minimum Gasteiger partial charge on any atom is -0.335 e. The van der Waals surface area contributed by atoms with Crippen molar-refractivity contribution in [2.45, 2.75) is 0 Å². The van der Waals surface area contributed by atoms with Crippen LogP contribution in [0.25, 0.3) is 16.7 Å². The first-order valence-corrected chi connectivity index (χ1v) is 6.92. The van der Waals surface area contributed by atoms with Crippen molar-refractivity contribution >= 4 is 33.6 Å². The topological polar surface area (TPSA) is 52.9 Å². The molecule has 0 saturated carbocycles. The summed E-state index contributed by atoms with van der Waals surface area (Å²) >= 11 is 1.84. The number of benzene rings is 2. The van der Waals surface area contributed by atoms with Crippen molar-refractivity contribution in [3.8, 4) is 5.69 Å². The molecule has 3 aromatic rings. The van der Waals surface area contributed by atoms with Crippen LogP contribution >= 0.6 is 22.6 Å². The van der Waals surface area contributed by atoms with E-state index in [1.165, 1.54) is 12.1 Å². The second-order valence-corrected chi connectivity index (χ2v) is 5.68. The van der Waals surface area contributed by atoms with Crippen LogP contribution in [0.1, 0.15) is 0 Å². The maximum absolute atomic E-state index is 14.1. The molecule has 1 heterocycles. The molecule has 22 heavy (non-hydrogen) atoms. The standard InChI is InChI=1S/C13H6F4IN3O/c14-6-3-5(18)1-2-9(6)20-12-10(17)7(15)4-8(16)11(12)21(19)13(20)22/h1-4H,19H2. The summed E-state index contributed by atoms with van der Waals surface area (Å²) < 4.78 is 56.7. The molecule has 2 N–H and O–H groups in total. The van der Waals surface area contributed by atoms with E-state index >= 15 is 0 Å². The lowest BCUT2D eigenvalue weighted by Gasteiger charge is -2.06. The molecule has 1 aromatic heterocycles. The van der Waals surface area contributed by atoms with Gasteiger partial charge in [-0.2, -0.15) is 0 Å². The number of nitrogens with zero attached hydrogens (tertiary/aromatic N) is 2. The van der Waals surface area contributed by atoms with Crippen molar-refractivity contribution in [2.75, 3.05) is 5.84 Å². The van der Waals surface area contributed by atoms with E-state index in [1.54, 1.807) is 0 Å². The summed E-state index contributed by atoms with van der Waals surface area (Å²) in [5.74, 6) is 0.332. The minimum absolute atomic E-state index is 0.273. The van der Waals surface area contributed by atoms with Crippen LogP contribution < -0.4 is 11.5 Å². The molecule has 0 aliphatic rings. The minimum atomic E-state index is -1.50. The van der Waals surface area contributed by atoms with Gasteiger partial charge in [0, 0.05) is 9.64 Å². The maximum atomic E-state index is 14.1. The summed E-state index contributed by atoms with van der Waals surface area (Å²) in [5, 5.41) is 0. The zero-order valence-corrected chi connectivity index (χ0v) is 12.7. The average Bonchev–Trinajstić information content (AvgIpc) is 2.70. The molecule has 0 amide bonds. The Bertz CT molecular complexity index is 980. The highest BCUT2D eigenvalue weighted by molar-refractivity contribution is 14.1. The van der Waals surface area contributed by atoms with E-state index in [0.717, 1.165) is 6.07 Å². The highest BCUT2D eigenvalue weighted by atomic mass is 127. The van der Waals surface area contributed by atoms with Gasteiger partial charge in [0.2, 0.25) is 0 Å². The number of hydrogen-bond acceptors (Lipinski definition) is 2. The Kier molecular flexibility index (Phi) is 3.38. The first-order chi connectivity index (χ1) is 10.3. The molecule has 2 aromatic carbocycles.